The maximum Gasteiger partial charge on any atom is 0.317 e. The third-order valence-corrected chi connectivity index (χ3v) is 3.62. The van der Waals surface area contributed by atoms with Crippen LogP contribution in [0.2, 0.25) is 0 Å². The highest BCUT2D eigenvalue weighted by molar-refractivity contribution is 5.84. The summed E-state index contributed by atoms with van der Waals surface area (Å²) in [7, 11) is 1.67. The largest absolute Gasteiger partial charge is 0.339 e. The lowest BCUT2D eigenvalue weighted by Crippen LogP contribution is -2.52. The van der Waals surface area contributed by atoms with Gasteiger partial charge in [-0.3, -0.25) is 4.79 Å². The molecule has 102 valence electrons. The lowest BCUT2D eigenvalue weighted by atomic mass is 9.93. The number of likely N-dealkylation sites (N-methyl/N-ethyl adjacent to an activating group) is 1. The maximum atomic E-state index is 12.0. The second kappa shape index (κ2) is 6.04. The highest BCUT2D eigenvalue weighted by Gasteiger charge is 2.23. The summed E-state index contributed by atoms with van der Waals surface area (Å²) in [5.74, 6) is 0.0303. The van der Waals surface area contributed by atoms with Crippen LogP contribution in [0, 0.1) is 0 Å². The van der Waals surface area contributed by atoms with E-state index < -0.39 is 0 Å². The average molecular weight is 254 g/mol. The minimum Gasteiger partial charge on any atom is -0.339 e. The van der Waals surface area contributed by atoms with Crippen molar-refractivity contribution in [1.29, 1.82) is 0 Å². The Morgan fingerprint density at radius 2 is 2.00 bits per heavy atom. The molecule has 18 heavy (non-hydrogen) atoms. The molecular weight excluding hydrogens is 232 g/mol. The smallest absolute Gasteiger partial charge is 0.317 e. The Balaban J connectivity index is 1.72. The van der Waals surface area contributed by atoms with Crippen molar-refractivity contribution >= 4 is 11.9 Å². The Bertz CT molecular complexity index is 311. The van der Waals surface area contributed by atoms with Crippen molar-refractivity contribution in [1.82, 2.24) is 20.4 Å². The van der Waals surface area contributed by atoms with Crippen LogP contribution in [0.25, 0.3) is 0 Å². The van der Waals surface area contributed by atoms with Crippen molar-refractivity contribution in [2.45, 2.75) is 25.3 Å². The van der Waals surface area contributed by atoms with Gasteiger partial charge in [-0.05, 0) is 19.3 Å². The average Bonchev–Trinajstić information content (AvgIpc) is 2.34. The summed E-state index contributed by atoms with van der Waals surface area (Å²) in [5.41, 5.74) is 0. The number of hydrogen-bond donors (Lipinski definition) is 2. The second-order valence-corrected chi connectivity index (χ2v) is 5.06. The molecule has 1 saturated carbocycles. The van der Waals surface area contributed by atoms with Gasteiger partial charge in [0, 0.05) is 39.3 Å². The van der Waals surface area contributed by atoms with Crippen LogP contribution in [0.4, 0.5) is 4.79 Å². The SMILES string of the molecule is CN(CC(=O)N1CCNCC1)C(=O)NC1CCC1. The number of amides is 3. The monoisotopic (exact) mass is 254 g/mol. The molecule has 3 amide bonds. The van der Waals surface area contributed by atoms with Crippen LogP contribution in [0.3, 0.4) is 0 Å². The third-order valence-electron chi connectivity index (χ3n) is 3.62. The molecule has 2 N–H and O–H groups in total. The van der Waals surface area contributed by atoms with Crippen molar-refractivity contribution in [3.63, 3.8) is 0 Å². The van der Waals surface area contributed by atoms with E-state index in [4.69, 9.17) is 0 Å². The Labute approximate surface area is 108 Å². The van der Waals surface area contributed by atoms with E-state index in [0.29, 0.717) is 6.04 Å². The standard InChI is InChI=1S/C12H22N4O2/c1-15(12(18)14-10-3-2-4-10)9-11(17)16-7-5-13-6-8-16/h10,13H,2-9H2,1H3,(H,14,18). The molecule has 1 aliphatic carbocycles. The fraction of sp³-hybridized carbons (Fsp3) is 0.833. The van der Waals surface area contributed by atoms with Gasteiger partial charge >= 0.3 is 6.03 Å². The van der Waals surface area contributed by atoms with Crippen LogP contribution in [0.1, 0.15) is 19.3 Å². The molecular formula is C12H22N4O2. The lowest BCUT2D eigenvalue weighted by molar-refractivity contribution is -0.132. The molecule has 0 radical (unpaired) electrons. The van der Waals surface area contributed by atoms with Crippen LogP contribution in [-0.2, 0) is 4.79 Å². The number of rotatable bonds is 3. The van der Waals surface area contributed by atoms with Crippen LogP contribution in [0.15, 0.2) is 0 Å². The zero-order valence-corrected chi connectivity index (χ0v) is 10.9. The number of nitrogens with one attached hydrogen (secondary N) is 2. The predicted molar refractivity (Wildman–Crippen MR) is 68.3 cm³/mol. The van der Waals surface area contributed by atoms with Crippen molar-refractivity contribution in [2.75, 3.05) is 39.8 Å². The van der Waals surface area contributed by atoms with Crippen LogP contribution >= 0.6 is 0 Å². The topological polar surface area (TPSA) is 64.7 Å². The Morgan fingerprint density at radius 1 is 1.33 bits per heavy atom. The van der Waals surface area contributed by atoms with Gasteiger partial charge in [-0.1, -0.05) is 0 Å². The maximum absolute atomic E-state index is 12.0. The molecule has 0 atom stereocenters. The van der Waals surface area contributed by atoms with E-state index in [-0.39, 0.29) is 18.5 Å². The molecule has 0 aromatic heterocycles. The second-order valence-electron chi connectivity index (χ2n) is 5.06. The predicted octanol–water partition coefficient (Wildman–Crippen LogP) is -0.388. The van der Waals surface area contributed by atoms with E-state index in [1.54, 1.807) is 7.05 Å². The summed E-state index contributed by atoms with van der Waals surface area (Å²) in [6, 6.07) is 0.178. The first-order valence-electron chi connectivity index (χ1n) is 6.67. The lowest BCUT2D eigenvalue weighted by Gasteiger charge is -2.31. The minimum atomic E-state index is -0.136. The zero-order chi connectivity index (χ0) is 13.0. The molecule has 0 unspecified atom stereocenters. The number of carbonyl (C=O) groups is 2. The van der Waals surface area contributed by atoms with Crippen LogP contribution < -0.4 is 10.6 Å². The quantitative estimate of drug-likeness (QED) is 0.721. The van der Waals surface area contributed by atoms with Crippen LogP contribution in [0.5, 0.6) is 0 Å². The van der Waals surface area contributed by atoms with E-state index in [9.17, 15) is 9.59 Å². The van der Waals surface area contributed by atoms with Crippen molar-refractivity contribution < 1.29 is 9.59 Å². The molecule has 2 aliphatic rings. The van der Waals surface area contributed by atoms with E-state index in [1.165, 1.54) is 11.3 Å². The summed E-state index contributed by atoms with van der Waals surface area (Å²) in [5, 5.41) is 6.13. The molecule has 0 aromatic rings. The normalized spacial score (nSPS) is 20.2. The van der Waals surface area contributed by atoms with Gasteiger partial charge < -0.3 is 20.4 Å². The van der Waals surface area contributed by atoms with E-state index >= 15 is 0 Å². The van der Waals surface area contributed by atoms with Gasteiger partial charge in [-0.15, -0.1) is 0 Å². The van der Waals surface area contributed by atoms with Gasteiger partial charge in [0.25, 0.3) is 0 Å². The molecule has 1 aliphatic heterocycles. The minimum absolute atomic E-state index is 0.0303. The number of piperazine rings is 1. The number of urea groups is 1. The fourth-order valence-corrected chi connectivity index (χ4v) is 2.13. The highest BCUT2D eigenvalue weighted by atomic mass is 16.2. The first-order chi connectivity index (χ1) is 8.66. The van der Waals surface area contributed by atoms with Crippen molar-refractivity contribution in [2.24, 2.45) is 0 Å². The van der Waals surface area contributed by atoms with E-state index in [1.807, 2.05) is 4.90 Å². The summed E-state index contributed by atoms with van der Waals surface area (Å²) in [6.45, 7) is 3.31. The summed E-state index contributed by atoms with van der Waals surface area (Å²) < 4.78 is 0. The summed E-state index contributed by atoms with van der Waals surface area (Å²) in [4.78, 5) is 27.0. The van der Waals surface area contributed by atoms with Crippen molar-refractivity contribution in [3.05, 3.63) is 0 Å². The fourth-order valence-electron chi connectivity index (χ4n) is 2.13. The molecule has 1 heterocycles. The molecule has 1 saturated heterocycles. The molecule has 0 spiro atoms. The van der Waals surface area contributed by atoms with Gasteiger partial charge in [0.15, 0.2) is 0 Å². The van der Waals surface area contributed by atoms with Crippen LogP contribution in [-0.4, -0.2) is 67.6 Å². The summed E-state index contributed by atoms with van der Waals surface area (Å²) in [6.07, 6.45) is 3.31. The first kappa shape index (κ1) is 13.1. The molecule has 2 fully saturated rings. The van der Waals surface area contributed by atoms with Gasteiger partial charge in [-0.25, -0.2) is 4.79 Å². The van der Waals surface area contributed by atoms with E-state index in [2.05, 4.69) is 10.6 Å². The number of hydrogen-bond acceptors (Lipinski definition) is 3. The first-order valence-corrected chi connectivity index (χ1v) is 6.67. The zero-order valence-electron chi connectivity index (χ0n) is 10.9. The highest BCUT2D eigenvalue weighted by Crippen LogP contribution is 2.18. The van der Waals surface area contributed by atoms with Crippen molar-refractivity contribution in [3.8, 4) is 0 Å². The Morgan fingerprint density at radius 3 is 2.56 bits per heavy atom. The van der Waals surface area contributed by atoms with Gasteiger partial charge in [0.2, 0.25) is 5.91 Å². The molecule has 0 bridgehead atoms. The van der Waals surface area contributed by atoms with Gasteiger partial charge in [0.05, 0.1) is 0 Å². The van der Waals surface area contributed by atoms with Gasteiger partial charge in [-0.2, -0.15) is 0 Å². The van der Waals surface area contributed by atoms with Gasteiger partial charge in [0.1, 0.15) is 6.54 Å². The molecule has 0 aromatic carbocycles. The molecule has 6 nitrogen and oxygen atoms in total. The Kier molecular flexibility index (Phi) is 4.41. The molecule has 2 rings (SSSR count). The van der Waals surface area contributed by atoms with E-state index in [0.717, 1.165) is 39.0 Å². The summed E-state index contributed by atoms with van der Waals surface area (Å²) >= 11 is 0. The third kappa shape index (κ3) is 3.35. The Hall–Kier alpha value is -1.30. The molecule has 6 heteroatoms. The number of carbonyl (C=O) groups excluding carboxylic acids is 2. The number of nitrogens with zero attached hydrogens (tertiary/aromatic N) is 2.